The van der Waals surface area contributed by atoms with Crippen LogP contribution in [0.5, 0.6) is 0 Å². The minimum Gasteiger partial charge on any atom is -0.271 e. The highest BCUT2D eigenvalue weighted by molar-refractivity contribution is 7.90. The van der Waals surface area contributed by atoms with Gasteiger partial charge in [-0.2, -0.15) is 12.7 Å². The number of sulfonamides is 1. The Morgan fingerprint density at radius 2 is 1.72 bits per heavy atom. The molecule has 0 heterocycles. The molecule has 0 bridgehead atoms. The molecule has 18 heavy (non-hydrogen) atoms. The molecule has 0 spiro atoms. The number of benzene rings is 1. The van der Waals surface area contributed by atoms with Gasteiger partial charge in [0.25, 0.3) is 0 Å². The normalized spacial score (nSPS) is 12.7. The van der Waals surface area contributed by atoms with Gasteiger partial charge in [0, 0.05) is 14.1 Å². The lowest BCUT2D eigenvalue weighted by Crippen LogP contribution is -2.29. The van der Waals surface area contributed by atoms with E-state index in [0.29, 0.717) is 5.56 Å². The Bertz CT molecular complexity index is 650. The van der Waals surface area contributed by atoms with Gasteiger partial charge in [0.1, 0.15) is 0 Å². The average molecular weight is 293 g/mol. The van der Waals surface area contributed by atoms with Crippen LogP contribution in [0.3, 0.4) is 0 Å². The lowest BCUT2D eigenvalue weighted by Gasteiger charge is -2.15. The first kappa shape index (κ1) is 14.9. The van der Waals surface area contributed by atoms with Gasteiger partial charge < -0.3 is 0 Å². The van der Waals surface area contributed by atoms with Crippen molar-refractivity contribution in [2.75, 3.05) is 18.8 Å². The van der Waals surface area contributed by atoms with E-state index in [1.807, 2.05) is 0 Å². The summed E-state index contributed by atoms with van der Waals surface area (Å²) in [6, 6.07) is 3.98. The minimum atomic E-state index is -3.87. The number of anilines is 1. The fourth-order valence-electron chi connectivity index (χ4n) is 1.12. The summed E-state index contributed by atoms with van der Waals surface area (Å²) >= 11 is 0. The van der Waals surface area contributed by atoms with Gasteiger partial charge in [-0.1, -0.05) is 6.07 Å². The molecule has 0 aliphatic rings. The second-order valence-corrected chi connectivity index (χ2v) is 7.36. The first-order chi connectivity index (χ1) is 8.04. The van der Waals surface area contributed by atoms with Gasteiger partial charge in [-0.3, -0.25) is 4.72 Å². The van der Waals surface area contributed by atoms with Gasteiger partial charge in [-0.25, -0.2) is 13.6 Å². The van der Waals surface area contributed by atoms with E-state index in [1.54, 1.807) is 6.92 Å². The van der Waals surface area contributed by atoms with Gasteiger partial charge in [-0.05, 0) is 24.6 Å². The van der Waals surface area contributed by atoms with Crippen molar-refractivity contribution in [3.05, 3.63) is 23.8 Å². The Morgan fingerprint density at radius 1 is 1.17 bits per heavy atom. The molecule has 0 aliphatic heterocycles. The third-order valence-electron chi connectivity index (χ3n) is 2.26. The summed E-state index contributed by atoms with van der Waals surface area (Å²) < 4.78 is 48.9. The van der Waals surface area contributed by atoms with E-state index in [0.717, 1.165) is 4.31 Å². The lowest BCUT2D eigenvalue weighted by atomic mass is 10.2. The highest BCUT2D eigenvalue weighted by Gasteiger charge is 2.16. The largest absolute Gasteiger partial charge is 0.301 e. The number of nitrogens with one attached hydrogen (secondary N) is 1. The van der Waals surface area contributed by atoms with Crippen LogP contribution in [0.2, 0.25) is 0 Å². The van der Waals surface area contributed by atoms with Crippen molar-refractivity contribution in [2.45, 2.75) is 11.8 Å². The highest BCUT2D eigenvalue weighted by atomic mass is 32.2. The smallest absolute Gasteiger partial charge is 0.271 e. The molecule has 9 heteroatoms. The number of primary sulfonamides is 1. The first-order valence-corrected chi connectivity index (χ1v) is 7.86. The Kier molecular flexibility index (Phi) is 4.01. The van der Waals surface area contributed by atoms with Crippen LogP contribution in [-0.4, -0.2) is 35.2 Å². The monoisotopic (exact) mass is 293 g/mol. The predicted octanol–water partition coefficient (Wildman–Crippen LogP) is -0.139. The maximum Gasteiger partial charge on any atom is 0.301 e. The summed E-state index contributed by atoms with van der Waals surface area (Å²) in [7, 11) is -4.83. The molecule has 0 saturated heterocycles. The van der Waals surface area contributed by atoms with Gasteiger partial charge in [-0.15, -0.1) is 0 Å². The molecule has 0 atom stereocenters. The molecule has 7 nitrogen and oxygen atoms in total. The molecule has 1 rings (SSSR count). The molecule has 0 saturated carbocycles. The summed E-state index contributed by atoms with van der Waals surface area (Å²) in [4.78, 5) is -0.149. The van der Waals surface area contributed by atoms with E-state index < -0.39 is 20.2 Å². The Balaban J connectivity index is 3.27. The third kappa shape index (κ3) is 3.42. The SMILES string of the molecule is Cc1ccc(S(N)(=O)=O)cc1NS(=O)(=O)N(C)C. The number of hydrogen-bond acceptors (Lipinski definition) is 4. The zero-order valence-corrected chi connectivity index (χ0v) is 11.8. The predicted molar refractivity (Wildman–Crippen MR) is 68.8 cm³/mol. The molecule has 0 fully saturated rings. The number of rotatable bonds is 4. The molecule has 0 amide bonds. The number of nitrogens with two attached hydrogens (primary N) is 1. The van der Waals surface area contributed by atoms with Crippen LogP contribution in [-0.2, 0) is 20.2 Å². The molecule has 0 unspecified atom stereocenters. The summed E-state index contributed by atoms with van der Waals surface area (Å²) in [6.07, 6.45) is 0. The fraction of sp³-hybridized carbons (Fsp3) is 0.333. The van der Waals surface area contributed by atoms with Crippen LogP contribution < -0.4 is 9.86 Å². The van der Waals surface area contributed by atoms with Crippen LogP contribution in [0.1, 0.15) is 5.56 Å². The van der Waals surface area contributed by atoms with Gasteiger partial charge >= 0.3 is 10.2 Å². The molecular formula is C9H15N3O4S2. The Morgan fingerprint density at radius 3 is 2.17 bits per heavy atom. The average Bonchev–Trinajstić information content (AvgIpc) is 2.19. The minimum absolute atomic E-state index is 0.149. The highest BCUT2D eigenvalue weighted by Crippen LogP contribution is 2.20. The van der Waals surface area contributed by atoms with Crippen LogP contribution in [0.4, 0.5) is 5.69 Å². The van der Waals surface area contributed by atoms with E-state index in [9.17, 15) is 16.8 Å². The number of hydrogen-bond donors (Lipinski definition) is 2. The Labute approximate surface area is 107 Å². The van der Waals surface area contributed by atoms with Crippen molar-refractivity contribution in [1.29, 1.82) is 0 Å². The van der Waals surface area contributed by atoms with Crippen molar-refractivity contribution in [2.24, 2.45) is 5.14 Å². The van der Waals surface area contributed by atoms with Crippen LogP contribution in [0, 0.1) is 6.92 Å². The topological polar surface area (TPSA) is 110 Å². The molecule has 1 aromatic carbocycles. The molecule has 1 aromatic rings. The number of aryl methyl sites for hydroxylation is 1. The molecular weight excluding hydrogens is 278 g/mol. The van der Waals surface area contributed by atoms with Gasteiger partial charge in [0.05, 0.1) is 10.6 Å². The Hall–Kier alpha value is -1.16. The quantitative estimate of drug-likeness (QED) is 0.805. The first-order valence-electron chi connectivity index (χ1n) is 4.88. The van der Waals surface area contributed by atoms with Crippen LogP contribution >= 0.6 is 0 Å². The second-order valence-electron chi connectivity index (χ2n) is 3.91. The molecule has 0 radical (unpaired) electrons. The van der Waals surface area contributed by atoms with Crippen LogP contribution in [0.25, 0.3) is 0 Å². The fourth-order valence-corrected chi connectivity index (χ4v) is 2.34. The standard InChI is InChI=1S/C9H15N3O4S2/c1-7-4-5-8(17(10,13)14)6-9(7)11-18(15,16)12(2)3/h4-6,11H,1-3H3,(H2,10,13,14). The zero-order valence-electron chi connectivity index (χ0n) is 10.2. The maximum absolute atomic E-state index is 11.6. The summed E-state index contributed by atoms with van der Waals surface area (Å²) in [6.45, 7) is 1.65. The van der Waals surface area contributed by atoms with Crippen molar-refractivity contribution >= 4 is 25.9 Å². The van der Waals surface area contributed by atoms with Crippen molar-refractivity contribution in [3.63, 3.8) is 0 Å². The summed E-state index contributed by atoms with van der Waals surface area (Å²) in [5, 5.41) is 4.98. The second kappa shape index (κ2) is 4.84. The van der Waals surface area contributed by atoms with E-state index in [2.05, 4.69) is 4.72 Å². The van der Waals surface area contributed by atoms with E-state index >= 15 is 0 Å². The third-order valence-corrected chi connectivity index (χ3v) is 4.61. The molecule has 3 N–H and O–H groups in total. The maximum atomic E-state index is 11.6. The van der Waals surface area contributed by atoms with Gasteiger partial charge in [0.2, 0.25) is 10.0 Å². The molecule has 0 aromatic heterocycles. The zero-order chi connectivity index (χ0) is 14.1. The van der Waals surface area contributed by atoms with E-state index in [4.69, 9.17) is 5.14 Å². The van der Waals surface area contributed by atoms with Crippen molar-refractivity contribution in [1.82, 2.24) is 4.31 Å². The van der Waals surface area contributed by atoms with E-state index in [-0.39, 0.29) is 10.6 Å². The van der Waals surface area contributed by atoms with Gasteiger partial charge in [0.15, 0.2) is 0 Å². The lowest BCUT2D eigenvalue weighted by molar-refractivity contribution is 0.526. The summed E-state index contributed by atoms with van der Waals surface area (Å²) in [5.41, 5.74) is 0.767. The molecule has 0 aliphatic carbocycles. The summed E-state index contributed by atoms with van der Waals surface area (Å²) in [5.74, 6) is 0. The van der Waals surface area contributed by atoms with Crippen LogP contribution in [0.15, 0.2) is 23.1 Å². The molecule has 102 valence electrons. The van der Waals surface area contributed by atoms with Crippen molar-refractivity contribution in [3.8, 4) is 0 Å². The van der Waals surface area contributed by atoms with E-state index in [1.165, 1.54) is 32.3 Å². The number of nitrogens with zero attached hydrogens (tertiary/aromatic N) is 1. The van der Waals surface area contributed by atoms with Crippen molar-refractivity contribution < 1.29 is 16.8 Å².